The van der Waals surface area contributed by atoms with Crippen molar-refractivity contribution in [3.8, 4) is 0 Å². The number of nitrogens with one attached hydrogen (secondary N) is 2. The number of amides is 4. The van der Waals surface area contributed by atoms with E-state index in [4.69, 9.17) is 11.5 Å². The van der Waals surface area contributed by atoms with Gasteiger partial charge in [-0.25, -0.2) is 9.13 Å². The topological polar surface area (TPSA) is 200 Å². The number of benzene rings is 2. The predicted molar refractivity (Wildman–Crippen MR) is 133 cm³/mol. The van der Waals surface area contributed by atoms with Crippen molar-refractivity contribution in [2.45, 2.75) is 26.9 Å². The number of rotatable bonds is 8. The number of nitrogens with zero attached hydrogens (tertiary/aromatic N) is 4. The molecule has 4 amide bonds. The SMILES string of the molecule is CC(=O)Nc1ccc(N(O)C(=O)Cn2cc[n+](CC(=O)N(O)c3ccc(NC(C)=O)cc3N)c2)c(N)c1.[Cl-]. The van der Waals surface area contributed by atoms with Crippen LogP contribution in [0.25, 0.3) is 0 Å². The zero-order chi connectivity index (χ0) is 27.3. The van der Waals surface area contributed by atoms with Crippen molar-refractivity contribution in [3.05, 3.63) is 55.1 Å². The van der Waals surface area contributed by atoms with Gasteiger partial charge in [0.15, 0.2) is 13.1 Å². The molecule has 0 aliphatic carbocycles. The molecule has 202 valence electrons. The maximum absolute atomic E-state index is 12.5. The average molecular weight is 547 g/mol. The van der Waals surface area contributed by atoms with Crippen LogP contribution in [-0.4, -0.2) is 38.6 Å². The first-order valence-corrected chi connectivity index (χ1v) is 10.9. The van der Waals surface area contributed by atoms with E-state index in [0.717, 1.165) is 0 Å². The summed E-state index contributed by atoms with van der Waals surface area (Å²) in [6, 6.07) is 8.56. The van der Waals surface area contributed by atoms with Crippen LogP contribution in [0.15, 0.2) is 55.1 Å². The number of nitrogen functional groups attached to an aromatic ring is 2. The molecule has 3 aromatic rings. The molecule has 38 heavy (non-hydrogen) atoms. The number of hydroxylamine groups is 2. The van der Waals surface area contributed by atoms with E-state index in [2.05, 4.69) is 10.6 Å². The van der Waals surface area contributed by atoms with E-state index in [0.29, 0.717) is 21.5 Å². The Hall–Kier alpha value is -4.66. The molecule has 14 nitrogen and oxygen atoms in total. The molecule has 0 aliphatic heterocycles. The van der Waals surface area contributed by atoms with Crippen molar-refractivity contribution in [2.24, 2.45) is 0 Å². The van der Waals surface area contributed by atoms with E-state index in [1.165, 1.54) is 78.1 Å². The summed E-state index contributed by atoms with van der Waals surface area (Å²) < 4.78 is 2.83. The molecule has 0 unspecified atom stereocenters. The van der Waals surface area contributed by atoms with Gasteiger partial charge in [-0.05, 0) is 36.4 Å². The fraction of sp³-hybridized carbons (Fsp3) is 0.174. The molecular weight excluding hydrogens is 520 g/mol. The summed E-state index contributed by atoms with van der Waals surface area (Å²) in [6.45, 7) is 2.10. The third-order valence-corrected chi connectivity index (χ3v) is 5.01. The monoisotopic (exact) mass is 546 g/mol. The van der Waals surface area contributed by atoms with Gasteiger partial charge in [0.2, 0.25) is 18.1 Å². The normalized spacial score (nSPS) is 10.2. The largest absolute Gasteiger partial charge is 1.00 e. The summed E-state index contributed by atoms with van der Waals surface area (Å²) in [6.07, 6.45) is 4.44. The number of carbonyl (C=O) groups excluding carboxylic acids is 4. The van der Waals surface area contributed by atoms with Gasteiger partial charge in [0.25, 0.3) is 11.8 Å². The number of nitrogens with two attached hydrogens (primary N) is 2. The molecule has 0 atom stereocenters. The highest BCUT2D eigenvalue weighted by Crippen LogP contribution is 2.27. The lowest BCUT2D eigenvalue weighted by atomic mass is 10.2. The van der Waals surface area contributed by atoms with Crippen LogP contribution in [0.1, 0.15) is 13.8 Å². The molecule has 0 fully saturated rings. The molecule has 0 radical (unpaired) electrons. The van der Waals surface area contributed by atoms with E-state index in [1.54, 1.807) is 0 Å². The van der Waals surface area contributed by atoms with Gasteiger partial charge in [-0.15, -0.1) is 0 Å². The molecule has 1 heterocycles. The molecule has 1 aromatic heterocycles. The summed E-state index contributed by atoms with van der Waals surface area (Å²) in [5.41, 5.74) is 12.8. The molecule has 0 aliphatic rings. The quantitative estimate of drug-likeness (QED) is 0.0784. The number of imidazole rings is 1. The molecule has 0 saturated carbocycles. The third-order valence-electron chi connectivity index (χ3n) is 5.01. The van der Waals surface area contributed by atoms with Crippen molar-refractivity contribution in [1.82, 2.24) is 4.57 Å². The Morgan fingerprint density at radius 3 is 1.79 bits per heavy atom. The minimum Gasteiger partial charge on any atom is -1.00 e. The van der Waals surface area contributed by atoms with Crippen molar-refractivity contribution >= 4 is 57.8 Å². The lowest BCUT2D eigenvalue weighted by molar-refractivity contribution is -0.683. The van der Waals surface area contributed by atoms with Gasteiger partial charge in [0.05, 0.1) is 22.7 Å². The van der Waals surface area contributed by atoms with Gasteiger partial charge in [0.1, 0.15) is 12.4 Å². The number of anilines is 6. The molecule has 0 bridgehead atoms. The highest BCUT2D eigenvalue weighted by molar-refractivity contribution is 5.96. The fourth-order valence-electron chi connectivity index (χ4n) is 3.40. The van der Waals surface area contributed by atoms with Crippen molar-refractivity contribution < 1.29 is 46.6 Å². The highest BCUT2D eigenvalue weighted by Gasteiger charge is 2.22. The van der Waals surface area contributed by atoms with Crippen molar-refractivity contribution in [1.29, 1.82) is 0 Å². The number of hydrogen-bond donors (Lipinski definition) is 6. The lowest BCUT2D eigenvalue weighted by Gasteiger charge is -2.17. The van der Waals surface area contributed by atoms with Crippen LogP contribution in [0.5, 0.6) is 0 Å². The van der Waals surface area contributed by atoms with Gasteiger partial charge >= 0.3 is 0 Å². The van der Waals surface area contributed by atoms with Crippen LogP contribution in [0, 0.1) is 0 Å². The summed E-state index contributed by atoms with van der Waals surface area (Å²) >= 11 is 0. The zero-order valence-corrected chi connectivity index (χ0v) is 21.2. The standard InChI is InChI=1S/C23H26N8O6.ClH/c1-14(32)26-16-3-5-20(18(24)9-16)30(36)22(34)11-28-7-8-29(13-28)12-23(35)31(37)21-6-4-17(10-19(21)25)27-15(2)33;/h3-10,13,36-37H,11-12,24-25H2,1-2H3,(H-,26,27,32,33);1H. The Labute approximate surface area is 223 Å². The van der Waals surface area contributed by atoms with Crippen LogP contribution in [-0.2, 0) is 32.3 Å². The Bertz CT molecular complexity index is 1260. The Balaban J connectivity index is 0.00000507. The van der Waals surface area contributed by atoms with Gasteiger partial charge < -0.3 is 34.5 Å². The predicted octanol–water partition coefficient (Wildman–Crippen LogP) is -2.29. The van der Waals surface area contributed by atoms with Gasteiger partial charge in [-0.2, -0.15) is 10.1 Å². The van der Waals surface area contributed by atoms with Gasteiger partial charge in [-0.3, -0.25) is 29.6 Å². The van der Waals surface area contributed by atoms with E-state index in [9.17, 15) is 29.6 Å². The molecule has 3 rings (SSSR count). The van der Waals surface area contributed by atoms with Crippen molar-refractivity contribution in [3.63, 3.8) is 0 Å². The molecular formula is C23H27ClN8O6. The van der Waals surface area contributed by atoms with Crippen LogP contribution in [0.4, 0.5) is 34.1 Å². The summed E-state index contributed by atoms with van der Waals surface area (Å²) in [7, 11) is 0. The Kier molecular flexibility index (Phi) is 9.75. The van der Waals surface area contributed by atoms with Gasteiger partial charge in [0, 0.05) is 25.2 Å². The number of halogens is 1. The van der Waals surface area contributed by atoms with Crippen LogP contribution in [0.3, 0.4) is 0 Å². The molecule has 2 aromatic carbocycles. The van der Waals surface area contributed by atoms with E-state index < -0.39 is 11.8 Å². The van der Waals surface area contributed by atoms with Crippen LogP contribution in [0.2, 0.25) is 0 Å². The van der Waals surface area contributed by atoms with E-state index in [-0.39, 0.29) is 60.1 Å². The maximum Gasteiger partial charge on any atom is 0.292 e. The van der Waals surface area contributed by atoms with E-state index in [1.807, 2.05) is 0 Å². The Morgan fingerprint density at radius 2 is 1.34 bits per heavy atom. The summed E-state index contributed by atoms with van der Waals surface area (Å²) in [5, 5.41) is 26.5. The van der Waals surface area contributed by atoms with Crippen LogP contribution >= 0.6 is 0 Å². The highest BCUT2D eigenvalue weighted by atomic mass is 35.5. The number of hydrogen-bond acceptors (Lipinski definition) is 8. The fourth-order valence-corrected chi connectivity index (χ4v) is 3.40. The smallest absolute Gasteiger partial charge is 0.292 e. The third kappa shape index (κ3) is 7.42. The van der Waals surface area contributed by atoms with Crippen molar-refractivity contribution in [2.75, 3.05) is 32.2 Å². The number of carbonyl (C=O) groups is 4. The molecule has 0 spiro atoms. The first-order valence-electron chi connectivity index (χ1n) is 10.9. The summed E-state index contributed by atoms with van der Waals surface area (Å²) in [5.74, 6) is -2.03. The summed E-state index contributed by atoms with van der Waals surface area (Å²) in [4.78, 5) is 47.4. The van der Waals surface area contributed by atoms with Crippen LogP contribution < -0.4 is 49.2 Å². The first-order chi connectivity index (χ1) is 17.4. The first kappa shape index (κ1) is 29.6. The molecule has 8 N–H and O–H groups in total. The minimum absolute atomic E-state index is 0. The maximum atomic E-state index is 12.5. The lowest BCUT2D eigenvalue weighted by Crippen LogP contribution is -3.00. The van der Waals surface area contributed by atoms with E-state index >= 15 is 0 Å². The molecule has 15 heteroatoms. The average Bonchev–Trinajstić information content (AvgIpc) is 3.24. The second-order valence-corrected chi connectivity index (χ2v) is 8.08. The second kappa shape index (κ2) is 12.5. The number of aromatic nitrogens is 2. The Morgan fingerprint density at radius 1 is 0.868 bits per heavy atom. The zero-order valence-electron chi connectivity index (χ0n) is 20.5. The van der Waals surface area contributed by atoms with Gasteiger partial charge in [-0.1, -0.05) is 0 Å². The molecule has 0 saturated heterocycles. The second-order valence-electron chi connectivity index (χ2n) is 8.08. The minimum atomic E-state index is -0.719.